The molecule has 9 nitrogen and oxygen atoms in total. The molecule has 0 fully saturated rings. The molecule has 2 heterocycles. The van der Waals surface area contributed by atoms with Crippen molar-refractivity contribution in [3.63, 3.8) is 0 Å². The Bertz CT molecular complexity index is 707. The first kappa shape index (κ1) is 18.5. The van der Waals surface area contributed by atoms with Crippen LogP contribution in [0.2, 0.25) is 0 Å². The van der Waals surface area contributed by atoms with E-state index in [9.17, 15) is 14.4 Å². The van der Waals surface area contributed by atoms with Crippen LogP contribution in [0.4, 0.5) is 4.79 Å². The van der Waals surface area contributed by atoms with E-state index in [2.05, 4.69) is 15.7 Å². The second-order valence-electron chi connectivity index (χ2n) is 5.55. The molecular weight excluding hydrogens is 328 g/mol. The molecule has 0 saturated heterocycles. The first-order valence-electron chi connectivity index (χ1n) is 8.01. The molecule has 0 unspecified atom stereocenters. The van der Waals surface area contributed by atoms with E-state index >= 15 is 0 Å². The van der Waals surface area contributed by atoms with Gasteiger partial charge in [0.2, 0.25) is 0 Å². The van der Waals surface area contributed by atoms with E-state index in [-0.39, 0.29) is 37.4 Å². The van der Waals surface area contributed by atoms with Crippen LogP contribution in [0.25, 0.3) is 0 Å². The maximum Gasteiger partial charge on any atom is 0.337 e. The summed E-state index contributed by atoms with van der Waals surface area (Å²) in [7, 11) is 0. The van der Waals surface area contributed by atoms with Gasteiger partial charge in [-0.05, 0) is 26.8 Å². The molecule has 2 N–H and O–H groups in total. The number of aromatic nitrogens is 2. The molecule has 2 amide bonds. The molecule has 2 rings (SSSR count). The quantitative estimate of drug-likeness (QED) is 0.695. The summed E-state index contributed by atoms with van der Waals surface area (Å²) in [5.74, 6) is -1.00. The van der Waals surface area contributed by atoms with Gasteiger partial charge in [-0.15, -0.1) is 0 Å². The summed E-state index contributed by atoms with van der Waals surface area (Å²) in [5.41, 5.74) is 2.32. The number of aryl methyl sites for hydroxylation is 3. The molecule has 136 valence electrons. The van der Waals surface area contributed by atoms with Crippen molar-refractivity contribution in [3.8, 4) is 0 Å². The fraction of sp³-hybridized carbons (Fsp3) is 0.500. The molecule has 1 aromatic rings. The van der Waals surface area contributed by atoms with Gasteiger partial charge in [-0.25, -0.2) is 9.59 Å². The zero-order valence-corrected chi connectivity index (χ0v) is 14.5. The number of hydrogen-bond acceptors (Lipinski definition) is 6. The van der Waals surface area contributed by atoms with Crippen LogP contribution in [-0.2, 0) is 25.6 Å². The van der Waals surface area contributed by atoms with Gasteiger partial charge in [-0.1, -0.05) is 0 Å². The number of nitrogens with zero attached hydrogens (tertiary/aromatic N) is 2. The summed E-state index contributed by atoms with van der Waals surface area (Å²) in [6.07, 6.45) is 0.135. The first-order chi connectivity index (χ1) is 11.9. The topological polar surface area (TPSA) is 112 Å². The Morgan fingerprint density at radius 1 is 1.32 bits per heavy atom. The molecule has 0 atom stereocenters. The van der Waals surface area contributed by atoms with Gasteiger partial charge in [-0.3, -0.25) is 9.48 Å². The predicted octanol–water partition coefficient (Wildman–Crippen LogP) is 0.563. The molecule has 0 aliphatic carbocycles. The van der Waals surface area contributed by atoms with Crippen molar-refractivity contribution in [1.29, 1.82) is 0 Å². The van der Waals surface area contributed by atoms with Gasteiger partial charge in [0, 0.05) is 5.69 Å². The van der Waals surface area contributed by atoms with E-state index in [1.54, 1.807) is 11.6 Å². The maximum absolute atomic E-state index is 11.9. The second kappa shape index (κ2) is 8.32. The van der Waals surface area contributed by atoms with Crippen LogP contribution in [0.15, 0.2) is 17.3 Å². The maximum atomic E-state index is 11.9. The standard InChI is InChI=1S/C16H22N4O5/c1-4-24-15(22)12-8-17-16(23)18-13(12)9-25-14(21)5-6-20-11(3)7-10(2)19-20/h7H,4-6,8-9H2,1-3H3,(H2,17,18,23). The van der Waals surface area contributed by atoms with Gasteiger partial charge in [0.15, 0.2) is 0 Å². The number of rotatable bonds is 7. The van der Waals surface area contributed by atoms with Crippen LogP contribution < -0.4 is 10.6 Å². The molecule has 1 aliphatic rings. The average Bonchev–Trinajstić information content (AvgIpc) is 2.88. The molecule has 1 aliphatic heterocycles. The van der Waals surface area contributed by atoms with Crippen molar-refractivity contribution in [2.75, 3.05) is 19.8 Å². The highest BCUT2D eigenvalue weighted by atomic mass is 16.5. The lowest BCUT2D eigenvalue weighted by Gasteiger charge is -2.21. The second-order valence-corrected chi connectivity index (χ2v) is 5.55. The lowest BCUT2D eigenvalue weighted by atomic mass is 10.2. The number of urea groups is 1. The van der Waals surface area contributed by atoms with Crippen LogP contribution in [0.3, 0.4) is 0 Å². The minimum Gasteiger partial charge on any atom is -0.463 e. The number of nitrogens with one attached hydrogen (secondary N) is 2. The van der Waals surface area contributed by atoms with Gasteiger partial charge in [0.05, 0.1) is 43.1 Å². The van der Waals surface area contributed by atoms with Crippen molar-refractivity contribution < 1.29 is 23.9 Å². The number of hydrogen-bond donors (Lipinski definition) is 2. The molecule has 0 spiro atoms. The van der Waals surface area contributed by atoms with Crippen LogP contribution >= 0.6 is 0 Å². The van der Waals surface area contributed by atoms with Crippen LogP contribution in [0.5, 0.6) is 0 Å². The van der Waals surface area contributed by atoms with Crippen LogP contribution in [-0.4, -0.2) is 47.5 Å². The zero-order chi connectivity index (χ0) is 18.4. The van der Waals surface area contributed by atoms with Gasteiger partial charge in [-0.2, -0.15) is 5.10 Å². The minimum atomic E-state index is -0.552. The lowest BCUT2D eigenvalue weighted by Crippen LogP contribution is -2.45. The highest BCUT2D eigenvalue weighted by Crippen LogP contribution is 2.09. The molecule has 1 aromatic heterocycles. The van der Waals surface area contributed by atoms with Crippen molar-refractivity contribution in [2.45, 2.75) is 33.7 Å². The Hall–Kier alpha value is -2.84. The number of esters is 2. The van der Waals surface area contributed by atoms with Gasteiger partial charge in [0.1, 0.15) is 6.61 Å². The van der Waals surface area contributed by atoms with Crippen molar-refractivity contribution in [3.05, 3.63) is 28.7 Å². The van der Waals surface area contributed by atoms with Crippen LogP contribution in [0.1, 0.15) is 24.7 Å². The Kier molecular flexibility index (Phi) is 6.15. The summed E-state index contributed by atoms with van der Waals surface area (Å²) in [6.45, 7) is 5.92. The average molecular weight is 350 g/mol. The zero-order valence-electron chi connectivity index (χ0n) is 14.5. The Balaban J connectivity index is 1.92. The smallest absolute Gasteiger partial charge is 0.337 e. The van der Waals surface area contributed by atoms with Gasteiger partial charge >= 0.3 is 18.0 Å². The summed E-state index contributed by atoms with van der Waals surface area (Å²) >= 11 is 0. The van der Waals surface area contributed by atoms with Crippen LogP contribution in [0, 0.1) is 13.8 Å². The minimum absolute atomic E-state index is 0.0311. The van der Waals surface area contributed by atoms with Gasteiger partial charge < -0.3 is 20.1 Å². The van der Waals surface area contributed by atoms with Crippen molar-refractivity contribution in [2.24, 2.45) is 0 Å². The van der Waals surface area contributed by atoms with E-state index < -0.39 is 18.0 Å². The number of ether oxygens (including phenoxy) is 2. The monoisotopic (exact) mass is 350 g/mol. The Morgan fingerprint density at radius 2 is 2.08 bits per heavy atom. The molecule has 0 radical (unpaired) electrons. The third kappa shape index (κ3) is 5.07. The Morgan fingerprint density at radius 3 is 2.72 bits per heavy atom. The molecular formula is C16H22N4O5. The largest absolute Gasteiger partial charge is 0.463 e. The van der Waals surface area contributed by atoms with E-state index in [1.807, 2.05) is 19.9 Å². The molecule has 25 heavy (non-hydrogen) atoms. The normalized spacial score (nSPS) is 14.0. The van der Waals surface area contributed by atoms with E-state index in [1.165, 1.54) is 0 Å². The summed E-state index contributed by atoms with van der Waals surface area (Å²) in [6, 6.07) is 1.47. The van der Waals surface area contributed by atoms with E-state index in [0.29, 0.717) is 6.54 Å². The van der Waals surface area contributed by atoms with E-state index in [4.69, 9.17) is 9.47 Å². The molecule has 0 saturated carbocycles. The number of carbonyl (C=O) groups excluding carboxylic acids is 3. The summed E-state index contributed by atoms with van der Waals surface area (Å²) < 4.78 is 11.8. The molecule has 9 heteroatoms. The summed E-state index contributed by atoms with van der Waals surface area (Å²) in [4.78, 5) is 35.3. The highest BCUT2D eigenvalue weighted by molar-refractivity contribution is 5.93. The van der Waals surface area contributed by atoms with Crippen molar-refractivity contribution in [1.82, 2.24) is 20.4 Å². The third-order valence-electron chi connectivity index (χ3n) is 3.58. The first-order valence-corrected chi connectivity index (χ1v) is 8.01. The molecule has 0 bridgehead atoms. The Labute approximate surface area is 145 Å². The number of amides is 2. The van der Waals surface area contributed by atoms with Gasteiger partial charge in [0.25, 0.3) is 0 Å². The predicted molar refractivity (Wildman–Crippen MR) is 87.5 cm³/mol. The third-order valence-corrected chi connectivity index (χ3v) is 3.58. The van der Waals surface area contributed by atoms with Crippen molar-refractivity contribution >= 4 is 18.0 Å². The van der Waals surface area contributed by atoms with E-state index in [0.717, 1.165) is 11.4 Å². The fourth-order valence-corrected chi connectivity index (χ4v) is 2.39. The SMILES string of the molecule is CCOC(=O)C1=C(COC(=O)CCn2nc(C)cc2C)NC(=O)NC1. The lowest BCUT2D eigenvalue weighted by molar-refractivity contribution is -0.144. The molecule has 0 aromatic carbocycles. The highest BCUT2D eigenvalue weighted by Gasteiger charge is 2.24. The fourth-order valence-electron chi connectivity index (χ4n) is 2.39. The summed E-state index contributed by atoms with van der Waals surface area (Å²) in [5, 5.41) is 9.24. The number of carbonyl (C=O) groups is 3.